The van der Waals surface area contributed by atoms with Crippen molar-refractivity contribution < 1.29 is 36.8 Å². The topological polar surface area (TPSA) is 132 Å². The van der Waals surface area contributed by atoms with Crippen molar-refractivity contribution in [2.45, 2.75) is 12.3 Å². The second kappa shape index (κ2) is 10.7. The van der Waals surface area contributed by atoms with E-state index in [1.165, 1.54) is 19.2 Å². The van der Waals surface area contributed by atoms with Gasteiger partial charge in [-0.3, -0.25) is 14.6 Å². The predicted octanol–water partition coefficient (Wildman–Crippen LogP) is 2.44. The molecule has 1 aromatic heterocycles. The average molecular weight is 557 g/mol. The number of carbonyl (C=O) groups is 2. The molecule has 1 aromatic carbocycles. The van der Waals surface area contributed by atoms with E-state index in [-0.39, 0.29) is 35.0 Å². The number of allylic oxidation sites excluding steroid dienone is 1. The van der Waals surface area contributed by atoms with Crippen LogP contribution in [0.5, 0.6) is 0 Å². The summed E-state index contributed by atoms with van der Waals surface area (Å²) < 4.78 is 49.6. The van der Waals surface area contributed by atoms with Gasteiger partial charge in [0.2, 0.25) is 11.6 Å². The maximum absolute atomic E-state index is 13.0. The van der Waals surface area contributed by atoms with Gasteiger partial charge in [-0.05, 0) is 36.4 Å². The number of rotatable bonds is 6. The highest BCUT2D eigenvalue weighted by Gasteiger charge is 2.47. The van der Waals surface area contributed by atoms with Crippen LogP contribution in [-0.4, -0.2) is 77.9 Å². The summed E-state index contributed by atoms with van der Waals surface area (Å²) in [6, 6.07) is 7.87. The fourth-order valence-corrected chi connectivity index (χ4v) is 4.53. The number of pyridine rings is 1. The summed E-state index contributed by atoms with van der Waals surface area (Å²) in [4.78, 5) is 39.5. The Kier molecular flexibility index (Phi) is 7.33. The van der Waals surface area contributed by atoms with Gasteiger partial charge in [-0.1, -0.05) is 0 Å². The largest absolute Gasteiger partial charge is 0.416 e. The Hall–Kier alpha value is -4.24. The fraction of sp³-hybridized carbons (Fsp3) is 0.269. The summed E-state index contributed by atoms with van der Waals surface area (Å²) in [6.45, 7) is 0.952. The van der Waals surface area contributed by atoms with E-state index in [9.17, 15) is 22.8 Å². The number of nitrogens with zero attached hydrogens (tertiary/aromatic N) is 5. The summed E-state index contributed by atoms with van der Waals surface area (Å²) in [5.74, 6) is 6.17. The number of methoxy groups -OCH3 is 1. The number of quaternary nitrogens is 1. The number of nitrogens with one attached hydrogen (secondary N) is 1. The monoisotopic (exact) mass is 556 g/mol. The van der Waals surface area contributed by atoms with Gasteiger partial charge in [0.25, 0.3) is 11.7 Å². The third-order valence-corrected chi connectivity index (χ3v) is 6.55. The number of amidine groups is 1. The molecule has 1 unspecified atom stereocenters. The van der Waals surface area contributed by atoms with Crippen molar-refractivity contribution in [3.8, 4) is 0 Å². The molecule has 5 rings (SSSR count). The van der Waals surface area contributed by atoms with Crippen molar-refractivity contribution in [3.63, 3.8) is 0 Å². The average Bonchev–Trinajstić information content (AvgIpc) is 3.26. The second-order valence-electron chi connectivity index (χ2n) is 9.15. The quantitative estimate of drug-likeness (QED) is 0.415. The van der Waals surface area contributed by atoms with Crippen molar-refractivity contribution in [2.75, 3.05) is 38.7 Å². The van der Waals surface area contributed by atoms with Gasteiger partial charge in [-0.25, -0.2) is 4.98 Å². The maximum Gasteiger partial charge on any atom is 0.416 e. The van der Waals surface area contributed by atoms with E-state index >= 15 is 0 Å². The number of alkyl halides is 3. The lowest BCUT2D eigenvalue weighted by Crippen LogP contribution is -2.53. The van der Waals surface area contributed by atoms with Crippen LogP contribution in [0, 0.1) is 0 Å². The van der Waals surface area contributed by atoms with Gasteiger partial charge < -0.3 is 19.7 Å². The van der Waals surface area contributed by atoms with Crippen LogP contribution in [0.15, 0.2) is 76.4 Å². The molecule has 3 aliphatic heterocycles. The van der Waals surface area contributed by atoms with Gasteiger partial charge in [-0.2, -0.15) is 24.0 Å². The van der Waals surface area contributed by atoms with Crippen molar-refractivity contribution in [3.05, 3.63) is 83.1 Å². The minimum Gasteiger partial charge on any atom is -0.375 e. The third-order valence-electron chi connectivity index (χ3n) is 6.55. The van der Waals surface area contributed by atoms with Crippen molar-refractivity contribution >= 4 is 29.7 Å². The Labute approximate surface area is 226 Å². The van der Waals surface area contributed by atoms with E-state index < -0.39 is 23.8 Å². The van der Waals surface area contributed by atoms with E-state index in [0.29, 0.717) is 35.9 Å². The number of ether oxygens (including phenoxy) is 2. The first-order valence-electron chi connectivity index (χ1n) is 12.2. The molecule has 0 bridgehead atoms. The third kappa shape index (κ3) is 5.29. The Bertz CT molecular complexity index is 1450. The standard InChI is InChI=1S/C26H24F3N7O4/c1-39-15-22(37)35-9-11-40-20(14-35)23-19-13-31-8-10-36(19,30)24(34-23)16-2-4-17(5-3-16)25(38)33-21-12-18(6-7-32-21)26(27,28)29/h2-8,10,12-13,20H,9,11,14-15,30H2,1H3/p+1/t20-,36?/m1/s1. The highest BCUT2D eigenvalue weighted by Crippen LogP contribution is 2.34. The lowest BCUT2D eigenvalue weighted by Gasteiger charge is -2.32. The summed E-state index contributed by atoms with van der Waals surface area (Å²) in [7, 11) is 1.45. The molecule has 1 fully saturated rings. The molecule has 14 heteroatoms. The number of amides is 2. The number of fused-ring (bicyclic) bond motifs is 1. The smallest absolute Gasteiger partial charge is 0.375 e. The number of aliphatic imine (C=N–C) groups is 2. The van der Waals surface area contributed by atoms with Crippen LogP contribution >= 0.6 is 0 Å². The first-order valence-corrected chi connectivity index (χ1v) is 12.2. The van der Waals surface area contributed by atoms with Gasteiger partial charge in [0.1, 0.15) is 30.4 Å². The summed E-state index contributed by atoms with van der Waals surface area (Å²) in [5, 5.41) is 2.38. The van der Waals surface area contributed by atoms with E-state index in [4.69, 9.17) is 20.3 Å². The Morgan fingerprint density at radius 1 is 1.25 bits per heavy atom. The van der Waals surface area contributed by atoms with Gasteiger partial charge in [-0.15, -0.1) is 4.59 Å². The van der Waals surface area contributed by atoms with Crippen LogP contribution in [0.2, 0.25) is 0 Å². The molecule has 2 amide bonds. The number of anilines is 1. The minimum atomic E-state index is -4.56. The molecule has 0 saturated carbocycles. The second-order valence-corrected chi connectivity index (χ2v) is 9.15. The zero-order valence-electron chi connectivity index (χ0n) is 21.3. The Morgan fingerprint density at radius 2 is 2.02 bits per heavy atom. The number of nitrogens with two attached hydrogens (primary N) is 1. The molecule has 3 N–H and O–H groups in total. The summed E-state index contributed by atoms with van der Waals surface area (Å²) in [6.07, 6.45) is 0.650. The normalized spacial score (nSPS) is 22.3. The SMILES string of the molecule is COCC(=O)N1CCO[C@@H](C2=C3C=NC=C[N+]3(N)C(c3ccc(C(=O)Nc4cc(C(F)(F)F)ccn4)cc3)=N2)C1. The molecule has 2 aromatic rings. The number of aromatic nitrogens is 1. The molecule has 2 atom stereocenters. The van der Waals surface area contributed by atoms with Crippen LogP contribution in [-0.2, 0) is 20.4 Å². The van der Waals surface area contributed by atoms with E-state index in [0.717, 1.165) is 18.3 Å². The molecular formula is C26H25F3N7O4+. The van der Waals surface area contributed by atoms with Crippen LogP contribution in [0.1, 0.15) is 21.5 Å². The van der Waals surface area contributed by atoms with Crippen LogP contribution < -0.4 is 11.2 Å². The minimum absolute atomic E-state index is 0.0437. The summed E-state index contributed by atoms with van der Waals surface area (Å²) in [5.41, 5.74) is 0.956. The molecule has 208 valence electrons. The zero-order valence-corrected chi connectivity index (χ0v) is 21.3. The predicted molar refractivity (Wildman–Crippen MR) is 137 cm³/mol. The molecule has 0 spiro atoms. The van der Waals surface area contributed by atoms with Crippen molar-refractivity contribution in [1.82, 2.24) is 9.88 Å². The van der Waals surface area contributed by atoms with E-state index in [1.807, 2.05) is 0 Å². The number of morpholine rings is 1. The Morgan fingerprint density at radius 3 is 2.75 bits per heavy atom. The maximum atomic E-state index is 13.0. The highest BCUT2D eigenvalue weighted by molar-refractivity contribution is 6.05. The Balaban J connectivity index is 1.37. The molecular weight excluding hydrogens is 531 g/mol. The highest BCUT2D eigenvalue weighted by atomic mass is 19.4. The molecule has 4 heterocycles. The molecule has 3 aliphatic rings. The fourth-order valence-electron chi connectivity index (χ4n) is 4.53. The molecule has 1 saturated heterocycles. The number of halogens is 3. The summed E-state index contributed by atoms with van der Waals surface area (Å²) >= 11 is 0. The van der Waals surface area contributed by atoms with Gasteiger partial charge in [0.15, 0.2) is 0 Å². The number of hydrogen-bond acceptors (Lipinski definition) is 8. The number of hydrogen-bond donors (Lipinski definition) is 2. The number of benzene rings is 1. The molecule has 0 aliphatic carbocycles. The van der Waals surface area contributed by atoms with Crippen LogP contribution in [0.4, 0.5) is 19.0 Å². The van der Waals surface area contributed by atoms with Crippen molar-refractivity contribution in [1.29, 1.82) is 0 Å². The lowest BCUT2D eigenvalue weighted by molar-refractivity contribution is -0.750. The lowest BCUT2D eigenvalue weighted by atomic mass is 10.1. The first-order chi connectivity index (χ1) is 19.1. The van der Waals surface area contributed by atoms with Gasteiger partial charge >= 0.3 is 6.18 Å². The zero-order chi connectivity index (χ0) is 28.5. The van der Waals surface area contributed by atoms with Gasteiger partial charge in [0, 0.05) is 25.4 Å². The first kappa shape index (κ1) is 27.3. The molecule has 0 radical (unpaired) electrons. The molecule has 11 nitrogen and oxygen atoms in total. The van der Waals surface area contributed by atoms with Gasteiger partial charge in [0.05, 0.1) is 36.7 Å². The number of carbonyl (C=O) groups excluding carboxylic acids is 2. The van der Waals surface area contributed by atoms with E-state index in [1.54, 1.807) is 35.6 Å². The van der Waals surface area contributed by atoms with E-state index in [2.05, 4.69) is 15.3 Å². The van der Waals surface area contributed by atoms with Crippen LogP contribution in [0.25, 0.3) is 0 Å². The van der Waals surface area contributed by atoms with Crippen molar-refractivity contribution in [2.24, 2.45) is 15.8 Å². The molecule has 40 heavy (non-hydrogen) atoms. The van der Waals surface area contributed by atoms with Crippen LogP contribution in [0.3, 0.4) is 0 Å².